The first-order chi connectivity index (χ1) is 13.2. The van der Waals surface area contributed by atoms with Crippen molar-refractivity contribution >= 4 is 40.2 Å². The molecule has 1 amide bonds. The van der Waals surface area contributed by atoms with Gasteiger partial charge in [-0.05, 0) is 29.6 Å². The van der Waals surface area contributed by atoms with E-state index in [1.807, 2.05) is 48.0 Å². The summed E-state index contributed by atoms with van der Waals surface area (Å²) < 4.78 is 6.97. The van der Waals surface area contributed by atoms with Crippen LogP contribution in [0.5, 0.6) is 5.75 Å². The SMILES string of the molecule is COc1cccc(NC(=O)CSc2nccn3nc(-c4cccs4)cc23)c1. The number of thiophene rings is 1. The first kappa shape index (κ1) is 17.6. The lowest BCUT2D eigenvalue weighted by atomic mass is 10.3. The number of fused-ring (bicyclic) bond motifs is 1. The van der Waals surface area contributed by atoms with Crippen LogP contribution >= 0.6 is 23.1 Å². The molecule has 0 radical (unpaired) electrons. The fourth-order valence-electron chi connectivity index (χ4n) is 2.59. The van der Waals surface area contributed by atoms with Gasteiger partial charge >= 0.3 is 0 Å². The van der Waals surface area contributed by atoms with Gasteiger partial charge in [-0.1, -0.05) is 23.9 Å². The number of anilines is 1. The number of methoxy groups -OCH3 is 1. The summed E-state index contributed by atoms with van der Waals surface area (Å²) in [7, 11) is 1.60. The molecule has 3 aromatic heterocycles. The standard InChI is InChI=1S/C19H16N4O2S2/c1-25-14-5-2-4-13(10-14)21-18(24)12-27-19-16-11-15(17-6-3-9-26-17)22-23(16)8-7-20-19/h2-11H,12H2,1H3,(H,21,24). The van der Waals surface area contributed by atoms with Crippen molar-refractivity contribution in [2.45, 2.75) is 5.03 Å². The Morgan fingerprint density at radius 2 is 2.22 bits per heavy atom. The maximum atomic E-state index is 12.3. The molecule has 0 saturated heterocycles. The monoisotopic (exact) mass is 396 g/mol. The summed E-state index contributed by atoms with van der Waals surface area (Å²) in [5.41, 5.74) is 2.50. The second kappa shape index (κ2) is 7.81. The number of hydrogen-bond acceptors (Lipinski definition) is 6. The highest BCUT2D eigenvalue weighted by Gasteiger charge is 2.12. The molecule has 0 aliphatic rings. The third-order valence-corrected chi connectivity index (χ3v) is 5.71. The molecule has 0 bridgehead atoms. The van der Waals surface area contributed by atoms with Crippen molar-refractivity contribution in [1.82, 2.24) is 14.6 Å². The van der Waals surface area contributed by atoms with Gasteiger partial charge < -0.3 is 10.1 Å². The van der Waals surface area contributed by atoms with Crippen LogP contribution in [-0.2, 0) is 4.79 Å². The van der Waals surface area contributed by atoms with Crippen molar-refractivity contribution in [2.24, 2.45) is 0 Å². The molecule has 0 spiro atoms. The molecule has 0 aliphatic carbocycles. The fraction of sp³-hybridized carbons (Fsp3) is 0.105. The van der Waals surface area contributed by atoms with Gasteiger partial charge in [0.25, 0.3) is 0 Å². The van der Waals surface area contributed by atoms with E-state index in [1.165, 1.54) is 11.8 Å². The number of nitrogens with zero attached hydrogens (tertiary/aromatic N) is 3. The Kier molecular flexibility index (Phi) is 5.08. The molecule has 3 heterocycles. The van der Waals surface area contributed by atoms with E-state index < -0.39 is 0 Å². The zero-order chi connectivity index (χ0) is 18.6. The first-order valence-electron chi connectivity index (χ1n) is 8.18. The highest BCUT2D eigenvalue weighted by Crippen LogP contribution is 2.28. The number of rotatable bonds is 6. The van der Waals surface area contributed by atoms with Gasteiger partial charge in [0, 0.05) is 24.1 Å². The highest BCUT2D eigenvalue weighted by molar-refractivity contribution is 8.00. The average molecular weight is 396 g/mol. The molecular weight excluding hydrogens is 380 g/mol. The second-order valence-corrected chi connectivity index (χ2v) is 7.55. The first-order valence-corrected chi connectivity index (χ1v) is 10.0. The maximum absolute atomic E-state index is 12.3. The normalized spacial score (nSPS) is 10.9. The Morgan fingerprint density at radius 3 is 3.04 bits per heavy atom. The number of aromatic nitrogens is 3. The van der Waals surface area contributed by atoms with Crippen molar-refractivity contribution < 1.29 is 9.53 Å². The molecule has 4 rings (SSSR count). The van der Waals surface area contributed by atoms with Crippen molar-refractivity contribution in [3.63, 3.8) is 0 Å². The second-order valence-electron chi connectivity index (χ2n) is 5.64. The minimum absolute atomic E-state index is 0.102. The molecule has 8 heteroatoms. The highest BCUT2D eigenvalue weighted by atomic mass is 32.2. The van der Waals surface area contributed by atoms with Gasteiger partial charge in [0.15, 0.2) is 0 Å². The Morgan fingerprint density at radius 1 is 1.30 bits per heavy atom. The van der Waals surface area contributed by atoms with E-state index in [2.05, 4.69) is 15.4 Å². The molecule has 136 valence electrons. The van der Waals surface area contributed by atoms with E-state index in [9.17, 15) is 4.79 Å². The lowest BCUT2D eigenvalue weighted by molar-refractivity contribution is -0.113. The quantitative estimate of drug-likeness (QED) is 0.495. The predicted molar refractivity (Wildman–Crippen MR) is 109 cm³/mol. The minimum Gasteiger partial charge on any atom is -0.497 e. The van der Waals surface area contributed by atoms with Gasteiger partial charge in [-0.2, -0.15) is 5.10 Å². The summed E-state index contributed by atoms with van der Waals surface area (Å²) in [5, 5.41) is 10.3. The van der Waals surface area contributed by atoms with Crippen LogP contribution < -0.4 is 10.1 Å². The van der Waals surface area contributed by atoms with Crippen LogP contribution in [-0.4, -0.2) is 33.4 Å². The maximum Gasteiger partial charge on any atom is 0.234 e. The lowest BCUT2D eigenvalue weighted by Crippen LogP contribution is -2.14. The number of hydrogen-bond donors (Lipinski definition) is 1. The van der Waals surface area contributed by atoms with E-state index in [-0.39, 0.29) is 11.7 Å². The number of amides is 1. The van der Waals surface area contributed by atoms with Gasteiger partial charge in [0.1, 0.15) is 16.5 Å². The van der Waals surface area contributed by atoms with Crippen molar-refractivity contribution in [3.05, 3.63) is 60.2 Å². The Hall–Kier alpha value is -2.84. The largest absolute Gasteiger partial charge is 0.497 e. The van der Waals surface area contributed by atoms with Crippen LogP contribution in [0.25, 0.3) is 16.1 Å². The van der Waals surface area contributed by atoms with Crippen LogP contribution in [0.3, 0.4) is 0 Å². The summed E-state index contributed by atoms with van der Waals surface area (Å²) in [4.78, 5) is 17.8. The topological polar surface area (TPSA) is 68.5 Å². The van der Waals surface area contributed by atoms with Crippen molar-refractivity contribution in [1.29, 1.82) is 0 Å². The van der Waals surface area contributed by atoms with E-state index >= 15 is 0 Å². The summed E-state index contributed by atoms with van der Waals surface area (Å²) in [6.07, 6.45) is 3.51. The number of carbonyl (C=O) groups is 1. The van der Waals surface area contributed by atoms with Crippen molar-refractivity contribution in [3.8, 4) is 16.3 Å². The smallest absolute Gasteiger partial charge is 0.234 e. The van der Waals surface area contributed by atoms with Crippen LogP contribution in [0.15, 0.2) is 65.3 Å². The van der Waals surface area contributed by atoms with Gasteiger partial charge in [0.2, 0.25) is 5.91 Å². The fourth-order valence-corrected chi connectivity index (χ4v) is 4.04. The van der Waals surface area contributed by atoms with Gasteiger partial charge in [-0.15, -0.1) is 11.3 Å². The third kappa shape index (κ3) is 3.96. The zero-order valence-electron chi connectivity index (χ0n) is 14.5. The van der Waals surface area contributed by atoms with Crippen molar-refractivity contribution in [2.75, 3.05) is 18.2 Å². The lowest BCUT2D eigenvalue weighted by Gasteiger charge is -2.07. The summed E-state index contributed by atoms with van der Waals surface area (Å²) in [5.74, 6) is 0.853. The molecule has 1 N–H and O–H groups in total. The van der Waals surface area contributed by atoms with Crippen LogP contribution in [0.2, 0.25) is 0 Å². The van der Waals surface area contributed by atoms with Gasteiger partial charge in [-0.3, -0.25) is 4.79 Å². The molecule has 6 nitrogen and oxygen atoms in total. The number of ether oxygens (including phenoxy) is 1. The minimum atomic E-state index is -0.102. The third-order valence-electron chi connectivity index (χ3n) is 3.82. The van der Waals surface area contributed by atoms with Gasteiger partial charge in [-0.25, -0.2) is 9.50 Å². The molecule has 0 saturated carbocycles. The molecule has 0 atom stereocenters. The van der Waals surface area contributed by atoms with E-state index in [0.29, 0.717) is 11.4 Å². The van der Waals surface area contributed by atoms with E-state index in [0.717, 1.165) is 21.1 Å². The van der Waals surface area contributed by atoms with E-state index in [1.54, 1.807) is 35.2 Å². The molecule has 27 heavy (non-hydrogen) atoms. The van der Waals surface area contributed by atoms with Crippen LogP contribution in [0, 0.1) is 0 Å². The molecule has 1 aromatic carbocycles. The number of benzene rings is 1. The number of carbonyl (C=O) groups excluding carboxylic acids is 1. The molecular formula is C19H16N4O2S2. The number of nitrogens with one attached hydrogen (secondary N) is 1. The number of thioether (sulfide) groups is 1. The van der Waals surface area contributed by atoms with Gasteiger partial charge in [0.05, 0.1) is 23.3 Å². The predicted octanol–water partition coefficient (Wildman–Crippen LogP) is 4.20. The molecule has 0 fully saturated rings. The van der Waals surface area contributed by atoms with E-state index in [4.69, 9.17) is 4.74 Å². The van der Waals surface area contributed by atoms with Crippen LogP contribution in [0.1, 0.15) is 0 Å². The summed E-state index contributed by atoms with van der Waals surface area (Å²) >= 11 is 3.03. The molecule has 0 unspecified atom stereocenters. The molecule has 0 aliphatic heterocycles. The Bertz CT molecular complexity index is 1080. The Balaban J connectivity index is 1.47. The van der Waals surface area contributed by atoms with Crippen LogP contribution in [0.4, 0.5) is 5.69 Å². The summed E-state index contributed by atoms with van der Waals surface area (Å²) in [6.45, 7) is 0. The molecule has 4 aromatic rings. The average Bonchev–Trinajstić information content (AvgIpc) is 3.36. The zero-order valence-corrected chi connectivity index (χ0v) is 16.1. The summed E-state index contributed by atoms with van der Waals surface area (Å²) in [6, 6.07) is 13.3. The Labute approximate surface area is 164 Å².